The van der Waals surface area contributed by atoms with E-state index in [9.17, 15) is 13.2 Å². The minimum Gasteiger partial charge on any atom is -0.493 e. The highest BCUT2D eigenvalue weighted by Crippen LogP contribution is 2.37. The third-order valence-electron chi connectivity index (χ3n) is 5.60. The molecule has 7 nitrogen and oxygen atoms in total. The van der Waals surface area contributed by atoms with Crippen LogP contribution in [-0.2, 0) is 11.3 Å². The number of nitrogens with zero attached hydrogens (tertiary/aromatic N) is 3. The fraction of sp³-hybridized carbons (Fsp3) is 0.360. The maximum absolute atomic E-state index is 14.5. The molecule has 0 saturated carbocycles. The summed E-state index contributed by atoms with van der Waals surface area (Å²) in [6.45, 7) is 5.09. The molecule has 1 fully saturated rings. The predicted molar refractivity (Wildman–Crippen MR) is 127 cm³/mol. The van der Waals surface area contributed by atoms with Crippen molar-refractivity contribution >= 4 is 22.5 Å². The van der Waals surface area contributed by atoms with Crippen LogP contribution in [0.5, 0.6) is 11.5 Å². The molecule has 2 aromatic carbocycles. The van der Waals surface area contributed by atoms with Gasteiger partial charge in [0, 0.05) is 42.4 Å². The van der Waals surface area contributed by atoms with Crippen LogP contribution in [0.3, 0.4) is 0 Å². The van der Waals surface area contributed by atoms with E-state index in [0.29, 0.717) is 41.7 Å². The molecule has 1 aliphatic heterocycles. The van der Waals surface area contributed by atoms with E-state index in [2.05, 4.69) is 15.3 Å². The van der Waals surface area contributed by atoms with E-state index in [0.717, 1.165) is 18.0 Å². The Labute approximate surface area is 200 Å². The number of methoxy groups -OCH3 is 1. The Morgan fingerprint density at radius 1 is 1.23 bits per heavy atom. The fourth-order valence-electron chi connectivity index (χ4n) is 3.92. The third kappa shape index (κ3) is 4.97. The second kappa shape index (κ2) is 10.8. The Morgan fingerprint density at radius 2 is 2.06 bits per heavy atom. The number of anilines is 1. The van der Waals surface area contributed by atoms with Gasteiger partial charge in [-0.3, -0.25) is 4.40 Å². The largest absolute Gasteiger partial charge is 0.493 e. The lowest BCUT2D eigenvalue weighted by Crippen LogP contribution is -2.16. The molecule has 2 aromatic heterocycles. The van der Waals surface area contributed by atoms with Gasteiger partial charge >= 0.3 is 0 Å². The van der Waals surface area contributed by atoms with Gasteiger partial charge < -0.3 is 19.5 Å². The molecule has 10 heteroatoms. The summed E-state index contributed by atoms with van der Waals surface area (Å²) in [5.74, 6) is 0.971. The molecule has 1 atom stereocenters. The van der Waals surface area contributed by atoms with Gasteiger partial charge in [-0.05, 0) is 6.07 Å². The molecule has 1 aliphatic rings. The molecule has 0 bridgehead atoms. The van der Waals surface area contributed by atoms with Crippen molar-refractivity contribution in [3.05, 3.63) is 59.7 Å². The molecule has 35 heavy (non-hydrogen) atoms. The van der Waals surface area contributed by atoms with Gasteiger partial charge in [0.15, 0.2) is 11.5 Å². The van der Waals surface area contributed by atoms with Crippen LogP contribution in [0.4, 0.5) is 19.0 Å². The predicted octanol–water partition coefficient (Wildman–Crippen LogP) is 5.77. The standard InChI is InChI=1S/C23H21F3N4O3.C2H6/c1-31-18-10-17-16(9-19(18)33-14-5-8-32-12-14)22(29-23-27-6-7-30(17)23)28-11-13-3-2-4-15(20(13)24)21(25)26;1-2/h2-4,6-7,9-10,14,21H,5,8,11-12H2,1H3,(H,27,28,29);1-2H3. The van der Waals surface area contributed by atoms with Crippen LogP contribution in [-0.4, -0.2) is 40.8 Å². The van der Waals surface area contributed by atoms with Gasteiger partial charge in [0.2, 0.25) is 5.78 Å². The van der Waals surface area contributed by atoms with Crippen LogP contribution in [0, 0.1) is 5.82 Å². The summed E-state index contributed by atoms with van der Waals surface area (Å²) >= 11 is 0. The Balaban J connectivity index is 0.00000141. The third-order valence-corrected chi connectivity index (χ3v) is 5.60. The highest BCUT2D eigenvalue weighted by Gasteiger charge is 2.22. The van der Waals surface area contributed by atoms with E-state index < -0.39 is 17.8 Å². The summed E-state index contributed by atoms with van der Waals surface area (Å²) in [7, 11) is 1.56. The zero-order valence-electron chi connectivity index (χ0n) is 19.7. The van der Waals surface area contributed by atoms with E-state index >= 15 is 0 Å². The number of nitrogens with one attached hydrogen (secondary N) is 1. The van der Waals surface area contributed by atoms with Crippen molar-refractivity contribution in [2.75, 3.05) is 25.6 Å². The van der Waals surface area contributed by atoms with E-state index in [1.165, 1.54) is 12.1 Å². The van der Waals surface area contributed by atoms with E-state index in [4.69, 9.17) is 14.2 Å². The van der Waals surface area contributed by atoms with Crippen molar-refractivity contribution in [3.63, 3.8) is 0 Å². The highest BCUT2D eigenvalue weighted by atomic mass is 19.3. The summed E-state index contributed by atoms with van der Waals surface area (Å²) in [5.41, 5.74) is 0.225. The Kier molecular flexibility index (Phi) is 7.60. The number of aromatic nitrogens is 3. The summed E-state index contributed by atoms with van der Waals surface area (Å²) < 4.78 is 59.5. The van der Waals surface area contributed by atoms with Crippen LogP contribution < -0.4 is 14.8 Å². The summed E-state index contributed by atoms with van der Waals surface area (Å²) in [4.78, 5) is 8.79. The molecule has 4 aromatic rings. The molecule has 1 N–H and O–H groups in total. The summed E-state index contributed by atoms with van der Waals surface area (Å²) in [6, 6.07) is 7.57. The fourth-order valence-corrected chi connectivity index (χ4v) is 3.92. The van der Waals surface area contributed by atoms with Crippen molar-refractivity contribution < 1.29 is 27.4 Å². The van der Waals surface area contributed by atoms with E-state index in [1.54, 1.807) is 30.0 Å². The van der Waals surface area contributed by atoms with Gasteiger partial charge in [-0.1, -0.05) is 32.0 Å². The van der Waals surface area contributed by atoms with Gasteiger partial charge in [0.1, 0.15) is 17.7 Å². The van der Waals surface area contributed by atoms with Crippen LogP contribution in [0.2, 0.25) is 0 Å². The molecule has 0 aliphatic carbocycles. The normalized spacial score (nSPS) is 15.3. The Bertz CT molecular complexity index is 1310. The minimum atomic E-state index is -2.89. The number of alkyl halides is 2. The molecule has 5 rings (SSSR count). The number of hydrogen-bond acceptors (Lipinski definition) is 6. The zero-order chi connectivity index (χ0) is 24.9. The first-order valence-corrected chi connectivity index (χ1v) is 11.4. The maximum atomic E-state index is 14.5. The zero-order valence-corrected chi connectivity index (χ0v) is 19.7. The summed E-state index contributed by atoms with van der Waals surface area (Å²) in [5, 5.41) is 3.76. The van der Waals surface area contributed by atoms with E-state index in [-0.39, 0.29) is 18.2 Å². The van der Waals surface area contributed by atoms with Crippen molar-refractivity contribution in [1.29, 1.82) is 0 Å². The lowest BCUT2D eigenvalue weighted by atomic mass is 10.1. The first kappa shape index (κ1) is 24.6. The number of benzene rings is 2. The van der Waals surface area contributed by atoms with Crippen LogP contribution in [0.15, 0.2) is 42.7 Å². The van der Waals surface area contributed by atoms with Crippen LogP contribution >= 0.6 is 0 Å². The topological polar surface area (TPSA) is 69.9 Å². The monoisotopic (exact) mass is 488 g/mol. The molecular formula is C25H27F3N4O3. The van der Waals surface area contributed by atoms with Gasteiger partial charge in [0.25, 0.3) is 6.43 Å². The Hall–Kier alpha value is -3.53. The second-order valence-electron chi connectivity index (χ2n) is 7.66. The van der Waals surface area contributed by atoms with Gasteiger partial charge in [-0.15, -0.1) is 0 Å². The van der Waals surface area contributed by atoms with Gasteiger partial charge in [0.05, 0.1) is 31.4 Å². The molecular weight excluding hydrogens is 461 g/mol. The molecule has 1 unspecified atom stereocenters. The average molecular weight is 489 g/mol. The average Bonchev–Trinajstić information content (AvgIpc) is 3.56. The SMILES string of the molecule is CC.COc1cc2c(cc1OC1CCOC1)c(NCc1cccc(C(F)F)c1F)nc1nccn12. The molecule has 0 radical (unpaired) electrons. The molecule has 1 saturated heterocycles. The number of fused-ring (bicyclic) bond motifs is 3. The number of rotatable bonds is 7. The number of ether oxygens (including phenoxy) is 3. The van der Waals surface area contributed by atoms with Crippen molar-refractivity contribution in [2.45, 2.75) is 39.3 Å². The number of halogens is 3. The lowest BCUT2D eigenvalue weighted by molar-refractivity contribution is 0.139. The minimum absolute atomic E-state index is 0.0376. The second-order valence-corrected chi connectivity index (χ2v) is 7.66. The number of hydrogen-bond donors (Lipinski definition) is 1. The highest BCUT2D eigenvalue weighted by molar-refractivity contribution is 5.93. The molecule has 0 amide bonds. The van der Waals surface area contributed by atoms with Crippen LogP contribution in [0.25, 0.3) is 16.7 Å². The first-order valence-electron chi connectivity index (χ1n) is 11.4. The van der Waals surface area contributed by atoms with Gasteiger partial charge in [-0.25, -0.2) is 18.2 Å². The molecule has 186 valence electrons. The van der Waals surface area contributed by atoms with E-state index in [1.807, 2.05) is 19.9 Å². The van der Waals surface area contributed by atoms with Crippen molar-refractivity contribution in [3.8, 4) is 11.5 Å². The first-order chi connectivity index (χ1) is 17.0. The quantitative estimate of drug-likeness (QED) is 0.356. The summed E-state index contributed by atoms with van der Waals surface area (Å²) in [6.07, 6.45) is 1.17. The van der Waals surface area contributed by atoms with Crippen molar-refractivity contribution in [1.82, 2.24) is 14.4 Å². The smallest absolute Gasteiger partial charge is 0.266 e. The van der Waals surface area contributed by atoms with Crippen molar-refractivity contribution in [2.24, 2.45) is 0 Å². The maximum Gasteiger partial charge on any atom is 0.266 e. The van der Waals surface area contributed by atoms with Crippen LogP contribution in [0.1, 0.15) is 37.8 Å². The lowest BCUT2D eigenvalue weighted by Gasteiger charge is -2.18. The molecule has 3 heterocycles. The number of imidazole rings is 1. The Morgan fingerprint density at radius 3 is 2.77 bits per heavy atom. The van der Waals surface area contributed by atoms with Gasteiger partial charge in [-0.2, -0.15) is 4.98 Å². The molecule has 0 spiro atoms.